The van der Waals surface area contributed by atoms with Gasteiger partial charge in [-0.3, -0.25) is 9.59 Å². The molecule has 2 heterocycles. The zero-order chi connectivity index (χ0) is 20.8. The Morgan fingerprint density at radius 2 is 1.83 bits per heavy atom. The maximum absolute atomic E-state index is 13.0. The summed E-state index contributed by atoms with van der Waals surface area (Å²) in [6.07, 6.45) is 1.80. The van der Waals surface area contributed by atoms with E-state index < -0.39 is 0 Å². The van der Waals surface area contributed by atoms with Gasteiger partial charge in [0.05, 0.1) is 6.04 Å². The van der Waals surface area contributed by atoms with Crippen LogP contribution >= 0.6 is 11.3 Å². The molecule has 1 N–H and O–H groups in total. The standard InChI is InChI=1S/C23H27N3O2S/c1-4-5-14-26-21(27)13-12-19(25-26)23(28)24-22(20-7-6-15-29-20)18-10-8-17(9-11-18)16(2)3/h6-13,15-16,22H,4-5,14H2,1-3H3,(H,24,28). The normalized spacial score (nSPS) is 12.1. The SMILES string of the molecule is CCCCn1nc(C(=O)NC(c2ccc(C(C)C)cc2)c2cccs2)ccc1=O. The van der Waals surface area contributed by atoms with E-state index in [1.807, 2.05) is 17.5 Å². The molecule has 2 aromatic heterocycles. The number of amides is 1. The molecule has 1 unspecified atom stereocenters. The highest BCUT2D eigenvalue weighted by Gasteiger charge is 2.20. The van der Waals surface area contributed by atoms with Crippen molar-refractivity contribution in [1.82, 2.24) is 15.1 Å². The van der Waals surface area contributed by atoms with E-state index in [0.29, 0.717) is 12.5 Å². The summed E-state index contributed by atoms with van der Waals surface area (Å²) in [5.41, 5.74) is 2.34. The average Bonchev–Trinajstić information content (AvgIpc) is 3.26. The Morgan fingerprint density at radius 1 is 1.10 bits per heavy atom. The summed E-state index contributed by atoms with van der Waals surface area (Å²) in [5, 5.41) is 9.37. The van der Waals surface area contributed by atoms with Crippen molar-refractivity contribution in [3.63, 3.8) is 0 Å². The number of hydrogen-bond acceptors (Lipinski definition) is 4. The fourth-order valence-corrected chi connectivity index (χ4v) is 3.89. The number of carbonyl (C=O) groups excluding carboxylic acids is 1. The Labute approximate surface area is 175 Å². The number of hydrogen-bond donors (Lipinski definition) is 1. The molecule has 0 aliphatic heterocycles. The van der Waals surface area contributed by atoms with Crippen molar-refractivity contribution in [2.75, 3.05) is 0 Å². The summed E-state index contributed by atoms with van der Waals surface area (Å²) < 4.78 is 1.37. The molecule has 3 rings (SSSR count). The summed E-state index contributed by atoms with van der Waals surface area (Å²) >= 11 is 1.60. The lowest BCUT2D eigenvalue weighted by Gasteiger charge is -2.19. The Bertz CT molecular complexity index is 992. The zero-order valence-corrected chi connectivity index (χ0v) is 17.9. The van der Waals surface area contributed by atoms with Crippen LogP contribution in [0.3, 0.4) is 0 Å². The van der Waals surface area contributed by atoms with E-state index >= 15 is 0 Å². The van der Waals surface area contributed by atoms with E-state index in [9.17, 15) is 9.59 Å². The predicted octanol–water partition coefficient (Wildman–Crippen LogP) is 4.75. The maximum Gasteiger partial charge on any atom is 0.272 e. The quantitative estimate of drug-likeness (QED) is 0.584. The van der Waals surface area contributed by atoms with Crippen molar-refractivity contribution < 1.29 is 4.79 Å². The summed E-state index contributed by atoms with van der Waals surface area (Å²) in [7, 11) is 0. The molecule has 0 bridgehead atoms. The first-order valence-electron chi connectivity index (χ1n) is 10.0. The van der Waals surface area contributed by atoms with Crippen LogP contribution in [0.25, 0.3) is 0 Å². The smallest absolute Gasteiger partial charge is 0.272 e. The third-order valence-electron chi connectivity index (χ3n) is 4.86. The highest BCUT2D eigenvalue weighted by atomic mass is 32.1. The van der Waals surface area contributed by atoms with Gasteiger partial charge in [0.25, 0.3) is 11.5 Å². The fraction of sp³-hybridized carbons (Fsp3) is 0.348. The molecule has 1 atom stereocenters. The van der Waals surface area contributed by atoms with Gasteiger partial charge in [0.15, 0.2) is 0 Å². The number of rotatable bonds is 8. The summed E-state index contributed by atoms with van der Waals surface area (Å²) in [5.74, 6) is 0.161. The van der Waals surface area contributed by atoms with Crippen LogP contribution in [0.4, 0.5) is 0 Å². The predicted molar refractivity (Wildman–Crippen MR) is 118 cm³/mol. The second kappa shape index (κ2) is 9.65. The topological polar surface area (TPSA) is 64.0 Å². The molecule has 0 aliphatic carbocycles. The van der Waals surface area contributed by atoms with Crippen LogP contribution in [0, 0.1) is 0 Å². The third kappa shape index (κ3) is 5.21. The van der Waals surface area contributed by atoms with E-state index in [1.165, 1.54) is 22.4 Å². The van der Waals surface area contributed by atoms with Gasteiger partial charge in [-0.1, -0.05) is 57.5 Å². The molecule has 0 radical (unpaired) electrons. The molecule has 0 saturated carbocycles. The van der Waals surface area contributed by atoms with Crippen molar-refractivity contribution in [3.05, 3.63) is 86.0 Å². The van der Waals surface area contributed by atoms with Crippen LogP contribution in [0.1, 0.15) is 72.1 Å². The fourth-order valence-electron chi connectivity index (χ4n) is 3.09. The average molecular weight is 410 g/mol. The molecule has 29 heavy (non-hydrogen) atoms. The van der Waals surface area contributed by atoms with Gasteiger partial charge in [0, 0.05) is 17.5 Å². The minimum Gasteiger partial charge on any atom is -0.339 e. The molecule has 152 valence electrons. The highest BCUT2D eigenvalue weighted by molar-refractivity contribution is 7.10. The number of benzene rings is 1. The second-order valence-electron chi connectivity index (χ2n) is 7.38. The van der Waals surface area contributed by atoms with E-state index in [-0.39, 0.29) is 23.2 Å². The molecule has 0 fully saturated rings. The summed E-state index contributed by atoms with van der Waals surface area (Å²) in [6, 6.07) is 15.0. The number of aryl methyl sites for hydroxylation is 1. The molecule has 0 aliphatic rings. The van der Waals surface area contributed by atoms with Crippen LogP contribution in [0.2, 0.25) is 0 Å². The largest absolute Gasteiger partial charge is 0.339 e. The Kier molecular flexibility index (Phi) is 6.99. The van der Waals surface area contributed by atoms with Crippen molar-refractivity contribution in [1.29, 1.82) is 0 Å². The lowest BCUT2D eigenvalue weighted by molar-refractivity contribution is 0.0936. The Morgan fingerprint density at radius 3 is 2.45 bits per heavy atom. The van der Waals surface area contributed by atoms with Crippen molar-refractivity contribution in [3.8, 4) is 0 Å². The first-order chi connectivity index (χ1) is 14.0. The molecule has 5 nitrogen and oxygen atoms in total. The number of carbonyl (C=O) groups is 1. The number of thiophene rings is 1. The van der Waals surface area contributed by atoms with Gasteiger partial charge in [-0.05, 0) is 41.0 Å². The van der Waals surface area contributed by atoms with Crippen molar-refractivity contribution in [2.24, 2.45) is 0 Å². The highest BCUT2D eigenvalue weighted by Crippen LogP contribution is 2.27. The molecular weight excluding hydrogens is 382 g/mol. The Hall–Kier alpha value is -2.73. The molecule has 0 spiro atoms. The van der Waals surface area contributed by atoms with E-state index in [0.717, 1.165) is 23.3 Å². The van der Waals surface area contributed by atoms with Crippen LogP contribution in [0.15, 0.2) is 58.7 Å². The Balaban J connectivity index is 1.87. The van der Waals surface area contributed by atoms with Crippen molar-refractivity contribution >= 4 is 17.2 Å². The third-order valence-corrected chi connectivity index (χ3v) is 5.80. The van der Waals surface area contributed by atoms with E-state index in [2.05, 4.69) is 55.5 Å². The minimum absolute atomic E-state index is 0.186. The molecular formula is C23H27N3O2S. The van der Waals surface area contributed by atoms with Crippen LogP contribution in [-0.2, 0) is 6.54 Å². The molecule has 3 aromatic rings. The summed E-state index contributed by atoms with van der Waals surface area (Å²) in [4.78, 5) is 26.0. The van der Waals surface area contributed by atoms with Crippen LogP contribution < -0.4 is 10.9 Å². The van der Waals surface area contributed by atoms with Gasteiger partial charge in [-0.15, -0.1) is 11.3 Å². The van der Waals surface area contributed by atoms with E-state index in [1.54, 1.807) is 11.3 Å². The second-order valence-corrected chi connectivity index (χ2v) is 8.36. The van der Waals surface area contributed by atoms with Crippen LogP contribution in [0.5, 0.6) is 0 Å². The monoisotopic (exact) mass is 409 g/mol. The first-order valence-corrected chi connectivity index (χ1v) is 10.9. The minimum atomic E-state index is -0.290. The number of aromatic nitrogens is 2. The maximum atomic E-state index is 13.0. The van der Waals surface area contributed by atoms with Gasteiger partial charge < -0.3 is 5.32 Å². The number of nitrogens with one attached hydrogen (secondary N) is 1. The molecule has 1 aromatic carbocycles. The lowest BCUT2D eigenvalue weighted by Crippen LogP contribution is -2.32. The van der Waals surface area contributed by atoms with E-state index in [4.69, 9.17) is 0 Å². The number of nitrogens with zero attached hydrogens (tertiary/aromatic N) is 2. The molecule has 1 amide bonds. The zero-order valence-electron chi connectivity index (χ0n) is 17.1. The lowest BCUT2D eigenvalue weighted by atomic mass is 9.98. The van der Waals surface area contributed by atoms with Crippen molar-refractivity contribution in [2.45, 2.75) is 52.1 Å². The molecule has 0 saturated heterocycles. The van der Waals surface area contributed by atoms with Gasteiger partial charge in [-0.2, -0.15) is 5.10 Å². The van der Waals surface area contributed by atoms with Gasteiger partial charge in [0.1, 0.15) is 5.69 Å². The molecule has 6 heteroatoms. The van der Waals surface area contributed by atoms with Crippen LogP contribution in [-0.4, -0.2) is 15.7 Å². The van der Waals surface area contributed by atoms with Gasteiger partial charge in [-0.25, -0.2) is 4.68 Å². The van der Waals surface area contributed by atoms with Gasteiger partial charge >= 0.3 is 0 Å². The summed E-state index contributed by atoms with van der Waals surface area (Å²) in [6.45, 7) is 6.89. The first kappa shape index (κ1) is 21.0. The van der Waals surface area contributed by atoms with Gasteiger partial charge in [0.2, 0.25) is 0 Å². The number of unbranched alkanes of at least 4 members (excludes halogenated alkanes) is 1.